The standard InChI is InChI=1S/C13H19N3O3S/c1-4-19-12(17)9-5-14-13(20-3)16-11(9)15-10-7-18-6-8(10)2/h5,8,10H,4,6-7H2,1-3H3,(H,14,15,16)/t8-,10+/m0/s1. The Morgan fingerprint density at radius 2 is 2.40 bits per heavy atom. The van der Waals surface area contributed by atoms with Gasteiger partial charge in [-0.3, -0.25) is 0 Å². The van der Waals surface area contributed by atoms with Crippen LogP contribution in [0.2, 0.25) is 0 Å². The zero-order valence-corrected chi connectivity index (χ0v) is 12.7. The fourth-order valence-corrected chi connectivity index (χ4v) is 2.29. The van der Waals surface area contributed by atoms with E-state index in [2.05, 4.69) is 22.2 Å². The van der Waals surface area contributed by atoms with Crippen LogP contribution in [0.4, 0.5) is 5.82 Å². The van der Waals surface area contributed by atoms with Crippen molar-refractivity contribution >= 4 is 23.5 Å². The van der Waals surface area contributed by atoms with Gasteiger partial charge in [0.25, 0.3) is 0 Å². The number of hydrogen-bond donors (Lipinski definition) is 1. The Kier molecular flexibility index (Phi) is 5.19. The molecule has 0 amide bonds. The topological polar surface area (TPSA) is 73.3 Å². The lowest BCUT2D eigenvalue weighted by molar-refractivity contribution is 0.0526. The molecule has 1 saturated heterocycles. The van der Waals surface area contributed by atoms with E-state index in [9.17, 15) is 4.79 Å². The van der Waals surface area contributed by atoms with Gasteiger partial charge in [-0.15, -0.1) is 0 Å². The Morgan fingerprint density at radius 1 is 1.60 bits per heavy atom. The SMILES string of the molecule is CCOC(=O)c1cnc(SC)nc1N[C@@H]1COC[C@@H]1C. The number of carbonyl (C=O) groups excluding carboxylic acids is 1. The van der Waals surface area contributed by atoms with E-state index in [1.54, 1.807) is 6.92 Å². The number of aromatic nitrogens is 2. The third-order valence-electron chi connectivity index (χ3n) is 3.13. The monoisotopic (exact) mass is 297 g/mol. The number of hydrogen-bond acceptors (Lipinski definition) is 7. The zero-order chi connectivity index (χ0) is 14.5. The molecule has 1 aromatic rings. The van der Waals surface area contributed by atoms with E-state index in [4.69, 9.17) is 9.47 Å². The molecule has 1 fully saturated rings. The summed E-state index contributed by atoms with van der Waals surface area (Å²) >= 11 is 1.43. The summed E-state index contributed by atoms with van der Waals surface area (Å²) in [6.07, 6.45) is 3.41. The van der Waals surface area contributed by atoms with Gasteiger partial charge >= 0.3 is 5.97 Å². The van der Waals surface area contributed by atoms with Crippen molar-refractivity contribution in [3.63, 3.8) is 0 Å². The van der Waals surface area contributed by atoms with E-state index in [1.165, 1.54) is 18.0 Å². The molecule has 20 heavy (non-hydrogen) atoms. The van der Waals surface area contributed by atoms with Gasteiger partial charge in [0.1, 0.15) is 11.4 Å². The highest BCUT2D eigenvalue weighted by Crippen LogP contribution is 2.22. The highest BCUT2D eigenvalue weighted by Gasteiger charge is 2.26. The molecule has 0 aromatic carbocycles. The van der Waals surface area contributed by atoms with Crippen molar-refractivity contribution in [1.29, 1.82) is 0 Å². The summed E-state index contributed by atoms with van der Waals surface area (Å²) in [5.41, 5.74) is 0.365. The summed E-state index contributed by atoms with van der Waals surface area (Å²) in [6.45, 7) is 5.53. The molecular formula is C13H19N3O3S. The van der Waals surface area contributed by atoms with E-state index < -0.39 is 5.97 Å². The summed E-state index contributed by atoms with van der Waals surface area (Å²) < 4.78 is 10.5. The molecular weight excluding hydrogens is 278 g/mol. The second kappa shape index (κ2) is 6.90. The van der Waals surface area contributed by atoms with Gasteiger partial charge in [0.15, 0.2) is 5.16 Å². The fraction of sp³-hybridized carbons (Fsp3) is 0.615. The maximum Gasteiger partial charge on any atom is 0.343 e. The molecule has 1 N–H and O–H groups in total. The lowest BCUT2D eigenvalue weighted by atomic mass is 10.1. The summed E-state index contributed by atoms with van der Waals surface area (Å²) in [5.74, 6) is 0.483. The summed E-state index contributed by atoms with van der Waals surface area (Å²) in [4.78, 5) is 20.5. The van der Waals surface area contributed by atoms with Crippen molar-refractivity contribution < 1.29 is 14.3 Å². The second-order valence-corrected chi connectivity index (χ2v) is 5.38. The highest BCUT2D eigenvalue weighted by atomic mass is 32.2. The van der Waals surface area contributed by atoms with Crippen molar-refractivity contribution in [2.75, 3.05) is 31.4 Å². The second-order valence-electron chi connectivity index (χ2n) is 4.61. The lowest BCUT2D eigenvalue weighted by Crippen LogP contribution is -2.28. The van der Waals surface area contributed by atoms with Gasteiger partial charge in [-0.25, -0.2) is 14.8 Å². The number of ether oxygens (including phenoxy) is 2. The molecule has 0 spiro atoms. The largest absolute Gasteiger partial charge is 0.462 e. The number of nitrogens with one attached hydrogen (secondary N) is 1. The minimum atomic E-state index is -0.408. The van der Waals surface area contributed by atoms with Crippen LogP contribution in [0.1, 0.15) is 24.2 Å². The average molecular weight is 297 g/mol. The first-order chi connectivity index (χ1) is 9.65. The Balaban J connectivity index is 2.24. The lowest BCUT2D eigenvalue weighted by Gasteiger charge is -2.18. The molecule has 2 heterocycles. The number of nitrogens with zero attached hydrogens (tertiary/aromatic N) is 2. The summed E-state index contributed by atoms with van der Waals surface area (Å²) in [6, 6.07) is 0.146. The number of anilines is 1. The smallest absolute Gasteiger partial charge is 0.343 e. The van der Waals surface area contributed by atoms with Crippen LogP contribution < -0.4 is 5.32 Å². The minimum absolute atomic E-state index is 0.146. The van der Waals surface area contributed by atoms with Crippen LogP contribution >= 0.6 is 11.8 Å². The van der Waals surface area contributed by atoms with Crippen LogP contribution in [0, 0.1) is 5.92 Å². The molecule has 1 aliphatic rings. The average Bonchev–Trinajstić information content (AvgIpc) is 2.84. The van der Waals surface area contributed by atoms with Crippen molar-refractivity contribution in [1.82, 2.24) is 9.97 Å². The summed E-state index contributed by atoms with van der Waals surface area (Å²) in [5, 5.41) is 3.90. The van der Waals surface area contributed by atoms with Crippen LogP contribution in [0.3, 0.4) is 0 Å². The van der Waals surface area contributed by atoms with Crippen molar-refractivity contribution in [2.45, 2.75) is 25.0 Å². The maximum absolute atomic E-state index is 11.9. The van der Waals surface area contributed by atoms with Gasteiger partial charge in [0, 0.05) is 12.1 Å². The molecule has 1 aromatic heterocycles. The molecule has 0 bridgehead atoms. The van der Waals surface area contributed by atoms with Gasteiger partial charge in [-0.1, -0.05) is 18.7 Å². The van der Waals surface area contributed by atoms with Gasteiger partial charge in [-0.2, -0.15) is 0 Å². The van der Waals surface area contributed by atoms with Gasteiger partial charge in [-0.05, 0) is 13.2 Å². The van der Waals surface area contributed by atoms with Crippen molar-refractivity contribution in [3.8, 4) is 0 Å². The van der Waals surface area contributed by atoms with E-state index in [0.717, 1.165) is 0 Å². The number of thioether (sulfide) groups is 1. The Hall–Kier alpha value is -1.34. The van der Waals surface area contributed by atoms with E-state index in [1.807, 2.05) is 6.26 Å². The predicted molar refractivity (Wildman–Crippen MR) is 77.2 cm³/mol. The van der Waals surface area contributed by atoms with E-state index >= 15 is 0 Å². The van der Waals surface area contributed by atoms with Gasteiger partial charge < -0.3 is 14.8 Å². The van der Waals surface area contributed by atoms with Crippen LogP contribution in [-0.4, -0.2) is 48.1 Å². The first-order valence-electron chi connectivity index (χ1n) is 6.58. The quantitative estimate of drug-likeness (QED) is 0.505. The minimum Gasteiger partial charge on any atom is -0.462 e. The van der Waals surface area contributed by atoms with Gasteiger partial charge in [0.05, 0.1) is 25.9 Å². The fourth-order valence-electron chi connectivity index (χ4n) is 1.95. The van der Waals surface area contributed by atoms with Crippen molar-refractivity contribution in [2.24, 2.45) is 5.92 Å². The van der Waals surface area contributed by atoms with Crippen LogP contribution in [0.25, 0.3) is 0 Å². The molecule has 6 nitrogen and oxygen atoms in total. The maximum atomic E-state index is 11.9. The molecule has 7 heteroatoms. The molecule has 0 radical (unpaired) electrons. The molecule has 2 rings (SSSR count). The Labute approximate surface area is 122 Å². The van der Waals surface area contributed by atoms with E-state index in [-0.39, 0.29) is 6.04 Å². The van der Waals surface area contributed by atoms with Crippen LogP contribution in [0.15, 0.2) is 11.4 Å². The highest BCUT2D eigenvalue weighted by molar-refractivity contribution is 7.98. The zero-order valence-electron chi connectivity index (χ0n) is 11.9. The number of carbonyl (C=O) groups is 1. The molecule has 2 atom stereocenters. The third kappa shape index (κ3) is 3.40. The number of rotatable bonds is 5. The molecule has 1 aliphatic heterocycles. The van der Waals surface area contributed by atoms with Crippen LogP contribution in [-0.2, 0) is 9.47 Å². The molecule has 0 unspecified atom stereocenters. The van der Waals surface area contributed by atoms with Crippen LogP contribution in [0.5, 0.6) is 0 Å². The molecule has 0 saturated carbocycles. The Morgan fingerprint density at radius 3 is 3.00 bits per heavy atom. The first-order valence-corrected chi connectivity index (χ1v) is 7.80. The first kappa shape index (κ1) is 15.1. The van der Waals surface area contributed by atoms with E-state index in [0.29, 0.717) is 42.3 Å². The number of esters is 1. The van der Waals surface area contributed by atoms with Crippen molar-refractivity contribution in [3.05, 3.63) is 11.8 Å². The Bertz CT molecular complexity index is 484. The third-order valence-corrected chi connectivity index (χ3v) is 3.69. The summed E-state index contributed by atoms with van der Waals surface area (Å²) in [7, 11) is 0. The molecule has 0 aliphatic carbocycles. The molecule has 110 valence electrons. The predicted octanol–water partition coefficient (Wildman–Crippen LogP) is 1.82. The normalized spacial score (nSPS) is 21.8. The van der Waals surface area contributed by atoms with Gasteiger partial charge in [0.2, 0.25) is 0 Å².